The SMILES string of the molecule is Cc1ccc(=O)c2nc3c(C(N)=O)c4[nH]c(-c5nccs5)c(Br)[nH]c4n3c12. The number of imidazole rings is 1. The first-order valence-electron chi connectivity index (χ1n) is 7.92. The number of H-pyrrole nitrogens is 2. The lowest BCUT2D eigenvalue weighted by atomic mass is 10.2. The number of halogens is 1. The average Bonchev–Trinajstić information content (AvgIpc) is 3.32. The van der Waals surface area contributed by atoms with E-state index < -0.39 is 5.91 Å². The molecule has 0 aliphatic heterocycles. The third-order valence-electron chi connectivity index (χ3n) is 4.49. The van der Waals surface area contributed by atoms with Crippen molar-refractivity contribution in [3.63, 3.8) is 0 Å². The molecule has 134 valence electrons. The van der Waals surface area contributed by atoms with Gasteiger partial charge in [0.25, 0.3) is 5.91 Å². The Balaban J connectivity index is 2.04. The number of nitrogens with two attached hydrogens (primary N) is 1. The summed E-state index contributed by atoms with van der Waals surface area (Å²) in [5.41, 5.74) is 9.64. The van der Waals surface area contributed by atoms with E-state index in [9.17, 15) is 9.59 Å². The van der Waals surface area contributed by atoms with E-state index in [4.69, 9.17) is 5.73 Å². The number of carbonyl (C=O) groups excluding carboxylic acids is 1. The van der Waals surface area contributed by atoms with E-state index in [2.05, 4.69) is 35.9 Å². The fourth-order valence-electron chi connectivity index (χ4n) is 3.36. The number of aryl methyl sites for hydroxylation is 1. The average molecular weight is 443 g/mol. The van der Waals surface area contributed by atoms with Crippen LogP contribution < -0.4 is 11.2 Å². The molecule has 0 aliphatic carbocycles. The minimum atomic E-state index is -0.632. The molecule has 0 unspecified atom stereocenters. The first kappa shape index (κ1) is 16.2. The molecule has 1 aromatic carbocycles. The summed E-state index contributed by atoms with van der Waals surface area (Å²) in [6.07, 6.45) is 1.70. The quantitative estimate of drug-likeness (QED) is 0.388. The van der Waals surface area contributed by atoms with E-state index in [0.29, 0.717) is 38.1 Å². The van der Waals surface area contributed by atoms with Crippen LogP contribution in [0.2, 0.25) is 0 Å². The van der Waals surface area contributed by atoms with Crippen LogP contribution in [0, 0.1) is 6.92 Å². The molecule has 27 heavy (non-hydrogen) atoms. The number of aromatic nitrogens is 5. The predicted molar refractivity (Wildman–Crippen MR) is 107 cm³/mol. The van der Waals surface area contributed by atoms with Crippen molar-refractivity contribution in [2.24, 2.45) is 5.73 Å². The van der Waals surface area contributed by atoms with Crippen LogP contribution in [0.25, 0.3) is 38.5 Å². The monoisotopic (exact) mass is 442 g/mol. The van der Waals surface area contributed by atoms with Crippen molar-refractivity contribution < 1.29 is 4.79 Å². The number of benzene rings is 1. The Kier molecular flexibility index (Phi) is 3.31. The maximum Gasteiger partial charge on any atom is 0.254 e. The van der Waals surface area contributed by atoms with Crippen molar-refractivity contribution >= 4 is 61.0 Å². The smallest absolute Gasteiger partial charge is 0.254 e. The molecule has 4 aromatic heterocycles. The molecule has 4 heterocycles. The lowest BCUT2D eigenvalue weighted by Gasteiger charge is -2.05. The normalized spacial score (nSPS) is 11.8. The second-order valence-corrected chi connectivity index (χ2v) is 7.78. The van der Waals surface area contributed by atoms with E-state index in [1.54, 1.807) is 16.7 Å². The first-order valence-corrected chi connectivity index (χ1v) is 9.59. The summed E-state index contributed by atoms with van der Waals surface area (Å²) in [6.45, 7) is 1.89. The van der Waals surface area contributed by atoms with Gasteiger partial charge >= 0.3 is 0 Å². The van der Waals surface area contributed by atoms with Crippen LogP contribution in [0.4, 0.5) is 0 Å². The van der Waals surface area contributed by atoms with Gasteiger partial charge in [-0.2, -0.15) is 0 Å². The highest BCUT2D eigenvalue weighted by Gasteiger charge is 2.25. The van der Waals surface area contributed by atoms with Crippen LogP contribution in [0.1, 0.15) is 15.9 Å². The van der Waals surface area contributed by atoms with E-state index in [0.717, 1.165) is 10.6 Å². The molecule has 8 nitrogen and oxygen atoms in total. The Morgan fingerprint density at radius 3 is 2.85 bits per heavy atom. The first-order chi connectivity index (χ1) is 13.0. The van der Waals surface area contributed by atoms with Crippen molar-refractivity contribution in [1.29, 1.82) is 0 Å². The summed E-state index contributed by atoms with van der Waals surface area (Å²) >= 11 is 4.98. The number of hydrogen-bond acceptors (Lipinski definition) is 5. The topological polar surface area (TPSA) is 122 Å². The molecule has 0 radical (unpaired) electrons. The molecule has 0 aliphatic rings. The van der Waals surface area contributed by atoms with Gasteiger partial charge in [0, 0.05) is 11.6 Å². The predicted octanol–water partition coefficient (Wildman–Crippen LogP) is 2.95. The third-order valence-corrected chi connectivity index (χ3v) is 5.88. The highest BCUT2D eigenvalue weighted by molar-refractivity contribution is 9.10. The third kappa shape index (κ3) is 2.14. The number of nitrogens with one attached hydrogen (secondary N) is 2. The molecule has 1 amide bonds. The molecular formula is C17H11BrN6O2S. The number of aromatic amines is 2. The van der Waals surface area contributed by atoms with E-state index in [-0.39, 0.29) is 11.0 Å². The largest absolute Gasteiger partial charge is 0.365 e. The lowest BCUT2D eigenvalue weighted by molar-refractivity contribution is 0.100. The fraction of sp³-hybridized carbons (Fsp3) is 0.0588. The van der Waals surface area contributed by atoms with Gasteiger partial charge in [0.1, 0.15) is 32.0 Å². The molecule has 10 heteroatoms. The molecule has 0 saturated carbocycles. The zero-order chi connectivity index (χ0) is 18.9. The molecule has 0 fully saturated rings. The van der Waals surface area contributed by atoms with Crippen LogP contribution >= 0.6 is 27.3 Å². The van der Waals surface area contributed by atoms with Crippen molar-refractivity contribution in [2.75, 3.05) is 0 Å². The van der Waals surface area contributed by atoms with Gasteiger partial charge in [-0.25, -0.2) is 9.97 Å². The summed E-state index contributed by atoms with van der Waals surface area (Å²) in [6, 6.07) is 3.22. The molecule has 0 saturated heterocycles. The number of nitrogens with zero attached hydrogens (tertiary/aromatic N) is 3. The molecule has 0 spiro atoms. The molecule has 4 N–H and O–H groups in total. The van der Waals surface area contributed by atoms with Crippen molar-refractivity contribution in [3.05, 3.63) is 49.7 Å². The zero-order valence-corrected chi connectivity index (χ0v) is 16.2. The standard InChI is InChI=1S/C17H11BrN6O2S/c1-6-2-3-7(25)9-12(6)24-15(22-9)8(14(19)26)10-16(24)23-13(18)11(21-10)17-20-4-5-27-17/h2-5,21,23H,1H3,(H2,19,26). The van der Waals surface area contributed by atoms with Gasteiger partial charge in [-0.15, -0.1) is 11.3 Å². The Morgan fingerprint density at radius 1 is 1.33 bits per heavy atom. The fourth-order valence-corrected chi connectivity index (χ4v) is 4.60. The van der Waals surface area contributed by atoms with Gasteiger partial charge in [0.2, 0.25) is 5.43 Å². The van der Waals surface area contributed by atoms with Crippen molar-refractivity contribution in [1.82, 2.24) is 24.3 Å². The summed E-state index contributed by atoms with van der Waals surface area (Å²) in [5, 5.41) is 2.61. The van der Waals surface area contributed by atoms with Crippen molar-refractivity contribution in [2.45, 2.75) is 6.92 Å². The molecular weight excluding hydrogens is 432 g/mol. The van der Waals surface area contributed by atoms with Crippen LogP contribution in [-0.4, -0.2) is 30.2 Å². The van der Waals surface area contributed by atoms with Crippen LogP contribution in [0.3, 0.4) is 0 Å². The van der Waals surface area contributed by atoms with Gasteiger partial charge in [0.15, 0.2) is 5.65 Å². The maximum atomic E-state index is 12.3. The zero-order valence-electron chi connectivity index (χ0n) is 13.8. The van der Waals surface area contributed by atoms with Gasteiger partial charge in [0.05, 0.1) is 11.0 Å². The van der Waals surface area contributed by atoms with Crippen LogP contribution in [0.5, 0.6) is 0 Å². The van der Waals surface area contributed by atoms with Crippen molar-refractivity contribution in [3.8, 4) is 10.7 Å². The van der Waals surface area contributed by atoms with E-state index in [1.165, 1.54) is 17.4 Å². The molecule has 5 aromatic rings. The summed E-state index contributed by atoms with van der Waals surface area (Å²) in [5.74, 6) is -0.632. The van der Waals surface area contributed by atoms with Gasteiger partial charge < -0.3 is 15.7 Å². The summed E-state index contributed by atoms with van der Waals surface area (Å²) < 4.78 is 2.42. The Labute approximate surface area is 163 Å². The van der Waals surface area contributed by atoms with Crippen LogP contribution in [0.15, 0.2) is 33.1 Å². The van der Waals surface area contributed by atoms with Gasteiger partial charge in [-0.3, -0.25) is 14.0 Å². The lowest BCUT2D eigenvalue weighted by Crippen LogP contribution is -2.11. The maximum absolute atomic E-state index is 12.3. The summed E-state index contributed by atoms with van der Waals surface area (Å²) in [4.78, 5) is 39.8. The number of primary amides is 1. The molecule has 0 atom stereocenters. The minimum absolute atomic E-state index is 0.203. The van der Waals surface area contributed by atoms with Gasteiger partial charge in [-0.05, 0) is 34.5 Å². The highest BCUT2D eigenvalue weighted by atomic mass is 79.9. The summed E-state index contributed by atoms with van der Waals surface area (Å²) in [7, 11) is 0. The Hall–Kier alpha value is -2.98. The molecule has 0 bridgehead atoms. The number of amides is 1. The van der Waals surface area contributed by atoms with E-state index in [1.807, 2.05) is 12.3 Å². The Morgan fingerprint density at radius 2 is 2.15 bits per heavy atom. The number of thiazole rings is 1. The number of fused-ring (bicyclic) bond motifs is 5. The second kappa shape index (κ2) is 5.51. The Bertz CT molecular complexity index is 1440. The number of hydrogen-bond donors (Lipinski definition) is 3. The minimum Gasteiger partial charge on any atom is -0.365 e. The number of carbonyl (C=O) groups is 1. The molecule has 5 rings (SSSR count). The van der Waals surface area contributed by atoms with E-state index >= 15 is 0 Å². The number of rotatable bonds is 2. The van der Waals surface area contributed by atoms with Crippen LogP contribution in [-0.2, 0) is 0 Å². The highest BCUT2D eigenvalue weighted by Crippen LogP contribution is 2.33. The van der Waals surface area contributed by atoms with Gasteiger partial charge in [-0.1, -0.05) is 6.07 Å². The second-order valence-electron chi connectivity index (χ2n) is 6.09.